The van der Waals surface area contributed by atoms with Crippen LogP contribution in [0.4, 0.5) is 0 Å². The van der Waals surface area contributed by atoms with Gasteiger partial charge in [-0.25, -0.2) is 0 Å². The Hall–Kier alpha value is -0.840. The number of ether oxygens (including phenoxy) is 6. The molecule has 0 spiro atoms. The van der Waals surface area contributed by atoms with Gasteiger partial charge < -0.3 is 108 Å². The van der Waals surface area contributed by atoms with Crippen molar-refractivity contribution in [3.8, 4) is 0 Å². The van der Waals surface area contributed by atoms with Gasteiger partial charge in [-0.15, -0.1) is 0 Å². The zero-order valence-corrected chi connectivity index (χ0v) is 28.9. The summed E-state index contributed by atoms with van der Waals surface area (Å²) >= 11 is 0. The molecule has 4 rings (SSSR count). The normalized spacial score (nSPS) is 44.8. The van der Waals surface area contributed by atoms with Gasteiger partial charge in [0, 0.05) is 44.8 Å². The Morgan fingerprint density at radius 1 is 0.745 bits per heavy atom. The van der Waals surface area contributed by atoms with Crippen molar-refractivity contribution < 1.29 is 69.3 Å². The van der Waals surface area contributed by atoms with E-state index in [1.807, 2.05) is 0 Å². The fourth-order valence-electron chi connectivity index (χ4n) is 6.89. The molecular formula is C30H61N7O14. The third-order valence-electron chi connectivity index (χ3n) is 10.0. The van der Waals surface area contributed by atoms with Gasteiger partial charge in [0.25, 0.3) is 0 Å². The maximum atomic E-state index is 11.7. The van der Waals surface area contributed by atoms with Crippen LogP contribution >= 0.6 is 0 Å². The monoisotopic (exact) mass is 743 g/mol. The number of nitrogens with one attached hydrogen (secondary N) is 3. The molecule has 300 valence electrons. The fraction of sp³-hybridized carbons (Fsp3) is 1.00. The van der Waals surface area contributed by atoms with Crippen LogP contribution in [-0.2, 0) is 28.4 Å². The van der Waals surface area contributed by atoms with E-state index in [1.165, 1.54) is 0 Å². The number of aliphatic hydroxyl groups is 8. The molecule has 3 saturated heterocycles. The standard InChI is InChI=1S/C30H61N7O14/c1-35-17-4-16(37-8-12(40)5-31)21(42)27(25(17)49-28-15(33)3-2-14(46-28)9-36-7-13(41)10-38)51-30-24(45)26(19(11-39)48-30)50-29-20(34)23(44)22(43)18(6-32)47-29/h12-30,35-45H,2-11,31-34H2,1H3/t12?,13?,14-,15+,16+,17-,18-,19+,20+,21-,22+,23+,24+,25+,26+,27+,28+,29+,30-/m0/s1. The van der Waals surface area contributed by atoms with Crippen molar-refractivity contribution in [1.82, 2.24) is 16.0 Å². The largest absolute Gasteiger partial charge is 0.394 e. The van der Waals surface area contributed by atoms with Crippen LogP contribution in [0.3, 0.4) is 0 Å². The van der Waals surface area contributed by atoms with E-state index >= 15 is 0 Å². The molecule has 21 heteroatoms. The Kier molecular flexibility index (Phi) is 17.0. The van der Waals surface area contributed by atoms with Gasteiger partial charge in [0.1, 0.15) is 48.8 Å². The van der Waals surface area contributed by atoms with Crippen molar-refractivity contribution in [2.24, 2.45) is 22.9 Å². The van der Waals surface area contributed by atoms with Crippen LogP contribution in [0.2, 0.25) is 0 Å². The summed E-state index contributed by atoms with van der Waals surface area (Å²) in [6.45, 7) is -0.602. The Balaban J connectivity index is 1.53. The van der Waals surface area contributed by atoms with E-state index in [0.717, 1.165) is 0 Å². The summed E-state index contributed by atoms with van der Waals surface area (Å²) in [5.74, 6) is 0. The predicted octanol–water partition coefficient (Wildman–Crippen LogP) is -8.64. The smallest absolute Gasteiger partial charge is 0.187 e. The molecule has 19 N–H and O–H groups in total. The molecule has 0 bridgehead atoms. The van der Waals surface area contributed by atoms with Gasteiger partial charge in [-0.2, -0.15) is 0 Å². The van der Waals surface area contributed by atoms with Gasteiger partial charge in [-0.3, -0.25) is 0 Å². The zero-order valence-electron chi connectivity index (χ0n) is 28.9. The SMILES string of the molecule is CN[C@H]1C[C@@H](NCC(O)CN)[C@H](O)[C@@H](O[C@@H]2O[C@H](CO)[C@@H](O[C@H]3O[C@@H](CN)[C@@H](O)[C@H](O)[C@H]3N)[C@H]2O)[C@@H]1O[C@H]1O[C@H](CNCC(O)CO)CC[C@H]1N. The molecule has 51 heavy (non-hydrogen) atoms. The number of nitrogens with two attached hydrogens (primary N) is 4. The van der Waals surface area contributed by atoms with E-state index in [2.05, 4.69) is 16.0 Å². The van der Waals surface area contributed by atoms with Crippen LogP contribution in [0, 0.1) is 0 Å². The van der Waals surface area contributed by atoms with Crippen LogP contribution < -0.4 is 38.9 Å². The summed E-state index contributed by atoms with van der Waals surface area (Å²) < 4.78 is 36.5. The first-order valence-corrected chi connectivity index (χ1v) is 17.6. The lowest BCUT2D eigenvalue weighted by molar-refractivity contribution is -0.291. The molecule has 19 atom stereocenters. The third-order valence-corrected chi connectivity index (χ3v) is 10.0. The Bertz CT molecular complexity index is 1020. The summed E-state index contributed by atoms with van der Waals surface area (Å²) in [5.41, 5.74) is 23.8. The van der Waals surface area contributed by atoms with Gasteiger partial charge >= 0.3 is 0 Å². The summed E-state index contributed by atoms with van der Waals surface area (Å²) in [4.78, 5) is 0. The van der Waals surface area contributed by atoms with Gasteiger partial charge in [0.05, 0.1) is 49.7 Å². The molecule has 0 radical (unpaired) electrons. The number of aliphatic hydroxyl groups excluding tert-OH is 8. The van der Waals surface area contributed by atoms with E-state index in [4.69, 9.17) is 56.5 Å². The number of hydrogen-bond acceptors (Lipinski definition) is 21. The molecule has 2 unspecified atom stereocenters. The van der Waals surface area contributed by atoms with Crippen molar-refractivity contribution in [2.75, 3.05) is 53.0 Å². The molecule has 1 aliphatic carbocycles. The second-order valence-corrected chi connectivity index (χ2v) is 13.7. The molecule has 4 aliphatic rings. The van der Waals surface area contributed by atoms with Crippen LogP contribution in [0.15, 0.2) is 0 Å². The highest BCUT2D eigenvalue weighted by atomic mass is 16.8. The van der Waals surface area contributed by atoms with Crippen molar-refractivity contribution in [3.63, 3.8) is 0 Å². The quantitative estimate of drug-likeness (QED) is 0.0619. The van der Waals surface area contributed by atoms with Crippen molar-refractivity contribution in [1.29, 1.82) is 0 Å². The number of likely N-dealkylation sites (N-methyl/N-ethyl adjacent to an activating group) is 1. The molecule has 3 heterocycles. The molecule has 0 aromatic heterocycles. The Labute approximate surface area is 296 Å². The van der Waals surface area contributed by atoms with E-state index < -0.39 is 117 Å². The Morgan fingerprint density at radius 2 is 1.43 bits per heavy atom. The molecule has 0 aromatic carbocycles. The first kappa shape index (κ1) is 42.9. The molecule has 1 saturated carbocycles. The average molecular weight is 744 g/mol. The minimum Gasteiger partial charge on any atom is -0.394 e. The van der Waals surface area contributed by atoms with Gasteiger partial charge in [-0.05, 0) is 26.3 Å². The van der Waals surface area contributed by atoms with Crippen LogP contribution in [0.25, 0.3) is 0 Å². The topological polar surface area (TPSA) is 357 Å². The van der Waals surface area contributed by atoms with E-state index in [0.29, 0.717) is 25.8 Å². The van der Waals surface area contributed by atoms with Gasteiger partial charge in [-0.1, -0.05) is 0 Å². The van der Waals surface area contributed by atoms with Crippen LogP contribution in [0.5, 0.6) is 0 Å². The second-order valence-electron chi connectivity index (χ2n) is 13.7. The lowest BCUT2D eigenvalue weighted by Gasteiger charge is -2.48. The summed E-state index contributed by atoms with van der Waals surface area (Å²) in [5, 5.41) is 92.3. The average Bonchev–Trinajstić information content (AvgIpc) is 3.43. The highest BCUT2D eigenvalue weighted by molar-refractivity contribution is 5.03. The number of hydrogen-bond donors (Lipinski definition) is 15. The summed E-state index contributed by atoms with van der Waals surface area (Å²) in [6.07, 6.45) is -15.8. The summed E-state index contributed by atoms with van der Waals surface area (Å²) in [6, 6.07) is -2.93. The first-order chi connectivity index (χ1) is 24.4. The van der Waals surface area contributed by atoms with Crippen LogP contribution in [0.1, 0.15) is 19.3 Å². The number of rotatable bonds is 18. The zero-order chi connectivity index (χ0) is 37.4. The fourth-order valence-corrected chi connectivity index (χ4v) is 6.89. The van der Waals surface area contributed by atoms with Crippen molar-refractivity contribution >= 4 is 0 Å². The van der Waals surface area contributed by atoms with Crippen LogP contribution in [-0.4, -0.2) is 210 Å². The molecule has 0 amide bonds. The lowest BCUT2D eigenvalue weighted by Crippen LogP contribution is -2.67. The second kappa shape index (κ2) is 20.2. The predicted molar refractivity (Wildman–Crippen MR) is 176 cm³/mol. The van der Waals surface area contributed by atoms with Crippen molar-refractivity contribution in [2.45, 2.75) is 136 Å². The minimum absolute atomic E-state index is 0.00868. The molecule has 4 fully saturated rings. The molecule has 21 nitrogen and oxygen atoms in total. The maximum Gasteiger partial charge on any atom is 0.187 e. The van der Waals surface area contributed by atoms with E-state index in [-0.39, 0.29) is 38.9 Å². The van der Waals surface area contributed by atoms with E-state index in [1.54, 1.807) is 7.05 Å². The van der Waals surface area contributed by atoms with E-state index in [9.17, 15) is 35.7 Å². The lowest BCUT2D eigenvalue weighted by atomic mass is 9.83. The highest BCUT2D eigenvalue weighted by Gasteiger charge is 2.54. The van der Waals surface area contributed by atoms with Crippen molar-refractivity contribution in [3.05, 3.63) is 0 Å². The molecular weight excluding hydrogens is 682 g/mol. The first-order valence-electron chi connectivity index (χ1n) is 17.6. The van der Waals surface area contributed by atoms with Gasteiger partial charge in [0.2, 0.25) is 0 Å². The molecule has 0 aromatic rings. The maximum absolute atomic E-state index is 11.7. The minimum atomic E-state index is -1.58. The molecule has 3 aliphatic heterocycles. The summed E-state index contributed by atoms with van der Waals surface area (Å²) in [7, 11) is 1.70. The Morgan fingerprint density at radius 3 is 2.08 bits per heavy atom. The highest BCUT2D eigenvalue weighted by Crippen LogP contribution is 2.35. The third kappa shape index (κ3) is 10.7. The van der Waals surface area contributed by atoms with Gasteiger partial charge in [0.15, 0.2) is 18.9 Å².